The van der Waals surface area contributed by atoms with Gasteiger partial charge in [0.1, 0.15) is 0 Å². The third-order valence-electron chi connectivity index (χ3n) is 3.80. The van der Waals surface area contributed by atoms with E-state index in [2.05, 4.69) is 4.98 Å². The predicted molar refractivity (Wildman–Crippen MR) is 72.1 cm³/mol. The molecule has 0 aromatic carbocycles. The molecule has 0 amide bonds. The second-order valence-electron chi connectivity index (χ2n) is 5.68. The van der Waals surface area contributed by atoms with Crippen molar-refractivity contribution in [1.82, 2.24) is 4.98 Å². The summed E-state index contributed by atoms with van der Waals surface area (Å²) in [5.74, 6) is 0. The molecule has 0 spiro atoms. The van der Waals surface area contributed by atoms with Gasteiger partial charge < -0.3 is 14.3 Å². The number of H-pyrrole nitrogens is 1. The highest BCUT2D eigenvalue weighted by Crippen LogP contribution is 2.36. The van der Waals surface area contributed by atoms with Gasteiger partial charge in [0.25, 0.3) is 0 Å². The standard InChI is InChI=1S/C13H17BN2O3/c1-12(2)13(3,4)19-14(18-12)9-5-6-11(17)16-10(9)7-8-15/h5-6H,7H2,1-4H3,(H,16,17). The molecule has 1 saturated heterocycles. The van der Waals surface area contributed by atoms with Crippen molar-refractivity contribution in [2.45, 2.75) is 45.3 Å². The van der Waals surface area contributed by atoms with Crippen LogP contribution in [-0.2, 0) is 15.7 Å². The van der Waals surface area contributed by atoms with Gasteiger partial charge in [-0.15, -0.1) is 0 Å². The van der Waals surface area contributed by atoms with Gasteiger partial charge in [-0.3, -0.25) is 4.79 Å². The van der Waals surface area contributed by atoms with Crippen LogP contribution in [-0.4, -0.2) is 23.3 Å². The van der Waals surface area contributed by atoms with Gasteiger partial charge in [-0.1, -0.05) is 6.07 Å². The molecule has 0 aliphatic carbocycles. The third-order valence-corrected chi connectivity index (χ3v) is 3.80. The van der Waals surface area contributed by atoms with E-state index in [4.69, 9.17) is 14.6 Å². The van der Waals surface area contributed by atoms with Gasteiger partial charge in [-0.05, 0) is 27.7 Å². The molecule has 2 heterocycles. The van der Waals surface area contributed by atoms with Crippen molar-refractivity contribution >= 4 is 12.6 Å². The molecule has 0 radical (unpaired) electrons. The number of pyridine rings is 1. The molecule has 100 valence electrons. The van der Waals surface area contributed by atoms with Gasteiger partial charge in [0.05, 0.1) is 23.7 Å². The fraction of sp³-hybridized carbons (Fsp3) is 0.538. The Balaban J connectivity index is 2.40. The van der Waals surface area contributed by atoms with Crippen LogP contribution in [0.5, 0.6) is 0 Å². The fourth-order valence-corrected chi connectivity index (χ4v) is 1.94. The molecule has 1 aromatic heterocycles. The zero-order valence-electron chi connectivity index (χ0n) is 11.6. The van der Waals surface area contributed by atoms with E-state index in [-0.39, 0.29) is 12.0 Å². The maximum atomic E-state index is 11.3. The monoisotopic (exact) mass is 260 g/mol. The Morgan fingerprint density at radius 3 is 2.37 bits per heavy atom. The van der Waals surface area contributed by atoms with Gasteiger partial charge in [0.15, 0.2) is 0 Å². The first-order valence-electron chi connectivity index (χ1n) is 6.21. The minimum atomic E-state index is -0.565. The lowest BCUT2D eigenvalue weighted by Gasteiger charge is -2.32. The van der Waals surface area contributed by atoms with E-state index < -0.39 is 18.3 Å². The van der Waals surface area contributed by atoms with Gasteiger partial charge in [-0.25, -0.2) is 0 Å². The van der Waals surface area contributed by atoms with Crippen molar-refractivity contribution in [2.24, 2.45) is 0 Å². The topological polar surface area (TPSA) is 75.1 Å². The SMILES string of the molecule is CC1(C)OB(c2ccc(=O)[nH]c2CC#N)OC1(C)C. The fourth-order valence-electron chi connectivity index (χ4n) is 1.94. The Bertz CT molecular complexity index is 570. The van der Waals surface area contributed by atoms with E-state index in [1.807, 2.05) is 33.8 Å². The zero-order valence-corrected chi connectivity index (χ0v) is 11.6. The quantitative estimate of drug-likeness (QED) is 0.796. The molecule has 1 N–H and O–H groups in total. The third kappa shape index (κ3) is 2.44. The lowest BCUT2D eigenvalue weighted by atomic mass is 9.77. The molecule has 5 nitrogen and oxygen atoms in total. The van der Waals surface area contributed by atoms with Crippen molar-refractivity contribution in [3.05, 3.63) is 28.2 Å². The highest BCUT2D eigenvalue weighted by molar-refractivity contribution is 6.62. The van der Waals surface area contributed by atoms with Crippen LogP contribution in [0, 0.1) is 11.3 Å². The maximum Gasteiger partial charge on any atom is 0.496 e. The van der Waals surface area contributed by atoms with Crippen LogP contribution in [0.25, 0.3) is 0 Å². The molecule has 0 unspecified atom stereocenters. The number of aromatic nitrogens is 1. The Morgan fingerprint density at radius 2 is 1.84 bits per heavy atom. The first-order valence-corrected chi connectivity index (χ1v) is 6.21. The molecule has 1 aromatic rings. The maximum absolute atomic E-state index is 11.3. The smallest absolute Gasteiger partial charge is 0.399 e. The van der Waals surface area contributed by atoms with Crippen LogP contribution in [0.1, 0.15) is 33.4 Å². The molecule has 1 aliphatic heterocycles. The lowest BCUT2D eigenvalue weighted by molar-refractivity contribution is 0.00578. The summed E-state index contributed by atoms with van der Waals surface area (Å²) in [5.41, 5.74) is 0.133. The molecule has 0 saturated carbocycles. The summed E-state index contributed by atoms with van der Waals surface area (Å²) < 4.78 is 11.8. The Hall–Kier alpha value is -1.58. The number of nitriles is 1. The minimum absolute atomic E-state index is 0.121. The highest BCUT2D eigenvalue weighted by atomic mass is 16.7. The molecule has 2 rings (SSSR count). The first kappa shape index (κ1) is 13.8. The average molecular weight is 260 g/mol. The zero-order chi connectivity index (χ0) is 14.3. The van der Waals surface area contributed by atoms with Crippen LogP contribution in [0.3, 0.4) is 0 Å². The summed E-state index contributed by atoms with van der Waals surface area (Å²) in [6.45, 7) is 7.84. The minimum Gasteiger partial charge on any atom is -0.399 e. The number of hydrogen-bond acceptors (Lipinski definition) is 4. The molecule has 19 heavy (non-hydrogen) atoms. The van der Waals surface area contributed by atoms with Gasteiger partial charge in [-0.2, -0.15) is 5.26 Å². The summed E-state index contributed by atoms with van der Waals surface area (Å²) in [5, 5.41) is 8.83. The molecule has 6 heteroatoms. The van der Waals surface area contributed by atoms with E-state index in [1.54, 1.807) is 6.07 Å². The molecule has 1 fully saturated rings. The number of nitrogens with one attached hydrogen (secondary N) is 1. The molecule has 0 bridgehead atoms. The first-order chi connectivity index (χ1) is 8.77. The van der Waals surface area contributed by atoms with Gasteiger partial charge >= 0.3 is 7.12 Å². The molecular formula is C13H17BN2O3. The Morgan fingerprint density at radius 1 is 1.26 bits per heavy atom. The second-order valence-corrected chi connectivity index (χ2v) is 5.68. The van der Waals surface area contributed by atoms with Crippen LogP contribution in [0.15, 0.2) is 16.9 Å². The lowest BCUT2D eigenvalue weighted by Crippen LogP contribution is -2.41. The second kappa shape index (κ2) is 4.51. The summed E-state index contributed by atoms with van der Waals surface area (Å²) in [4.78, 5) is 14.0. The molecule has 0 atom stereocenters. The number of aromatic amines is 1. The number of nitrogens with zero attached hydrogens (tertiary/aromatic N) is 1. The largest absolute Gasteiger partial charge is 0.496 e. The normalized spacial score (nSPS) is 20.3. The van der Waals surface area contributed by atoms with Crippen molar-refractivity contribution in [2.75, 3.05) is 0 Å². The number of rotatable bonds is 2. The predicted octanol–water partition coefficient (Wildman–Crippen LogP) is 0.740. The van der Waals surface area contributed by atoms with Crippen molar-refractivity contribution in [1.29, 1.82) is 5.26 Å². The number of hydrogen-bond donors (Lipinski definition) is 1. The molecule has 1 aliphatic rings. The van der Waals surface area contributed by atoms with Crippen molar-refractivity contribution in [3.63, 3.8) is 0 Å². The highest BCUT2D eigenvalue weighted by Gasteiger charge is 2.52. The average Bonchev–Trinajstić information content (AvgIpc) is 2.48. The summed E-state index contributed by atoms with van der Waals surface area (Å²) in [6.07, 6.45) is 0.121. The Labute approximate surface area is 112 Å². The van der Waals surface area contributed by atoms with E-state index >= 15 is 0 Å². The van der Waals surface area contributed by atoms with Crippen molar-refractivity contribution in [3.8, 4) is 6.07 Å². The van der Waals surface area contributed by atoms with E-state index in [0.29, 0.717) is 11.2 Å². The van der Waals surface area contributed by atoms with E-state index in [1.165, 1.54) is 6.07 Å². The summed E-state index contributed by atoms with van der Waals surface area (Å²) in [6, 6.07) is 5.11. The summed E-state index contributed by atoms with van der Waals surface area (Å²) >= 11 is 0. The van der Waals surface area contributed by atoms with Crippen LogP contribution < -0.4 is 11.0 Å². The van der Waals surface area contributed by atoms with Gasteiger partial charge in [0, 0.05) is 17.2 Å². The summed E-state index contributed by atoms with van der Waals surface area (Å²) in [7, 11) is -0.565. The van der Waals surface area contributed by atoms with Crippen LogP contribution in [0.2, 0.25) is 0 Å². The molecular weight excluding hydrogens is 243 g/mol. The van der Waals surface area contributed by atoms with Crippen LogP contribution >= 0.6 is 0 Å². The van der Waals surface area contributed by atoms with Crippen molar-refractivity contribution < 1.29 is 9.31 Å². The van der Waals surface area contributed by atoms with E-state index in [0.717, 1.165) is 0 Å². The van der Waals surface area contributed by atoms with Gasteiger partial charge in [0.2, 0.25) is 5.56 Å². The Kier molecular flexibility index (Phi) is 3.29. The van der Waals surface area contributed by atoms with Crippen LogP contribution in [0.4, 0.5) is 0 Å². The van der Waals surface area contributed by atoms with E-state index in [9.17, 15) is 4.79 Å².